The summed E-state index contributed by atoms with van der Waals surface area (Å²) in [6.45, 7) is 0. The van der Waals surface area contributed by atoms with Crippen LogP contribution in [0.3, 0.4) is 0 Å². The summed E-state index contributed by atoms with van der Waals surface area (Å²) in [5.74, 6) is 0.506. The van der Waals surface area contributed by atoms with Gasteiger partial charge in [0.2, 0.25) is 0 Å². The van der Waals surface area contributed by atoms with E-state index in [1.165, 1.54) is 12.1 Å². The molecule has 0 aliphatic carbocycles. The average Bonchev–Trinajstić information content (AvgIpc) is 2.65. The third-order valence-electron chi connectivity index (χ3n) is 2.65. The highest BCUT2D eigenvalue weighted by Gasteiger charge is 2.38. The molecule has 1 aromatic rings. The van der Waals surface area contributed by atoms with Crippen molar-refractivity contribution in [3.8, 4) is 12.3 Å². The summed E-state index contributed by atoms with van der Waals surface area (Å²) >= 11 is 0. The quantitative estimate of drug-likeness (QED) is 0.466. The van der Waals surface area contributed by atoms with Crippen molar-refractivity contribution in [2.45, 2.75) is 19.3 Å². The number of hydrogen-bond donors (Lipinski definition) is 0. The Morgan fingerprint density at radius 2 is 1.79 bits per heavy atom. The Kier molecular flexibility index (Phi) is 3.62. The van der Waals surface area contributed by atoms with Gasteiger partial charge in [-0.1, -0.05) is 17.2 Å². The molecule has 5 heteroatoms. The van der Waals surface area contributed by atoms with E-state index in [0.29, 0.717) is 17.9 Å². The Hall–Kier alpha value is -2.61. The number of carbonyl (C=O) groups excluding carboxylic acids is 3. The van der Waals surface area contributed by atoms with Crippen molar-refractivity contribution >= 4 is 17.8 Å². The maximum Gasteiger partial charge on any atom is 0.333 e. The average molecular weight is 257 g/mol. The van der Waals surface area contributed by atoms with Crippen molar-refractivity contribution in [3.63, 3.8) is 0 Å². The molecule has 0 bridgehead atoms. The van der Waals surface area contributed by atoms with Crippen molar-refractivity contribution < 1.29 is 19.2 Å². The van der Waals surface area contributed by atoms with Gasteiger partial charge in [-0.05, 0) is 18.6 Å². The van der Waals surface area contributed by atoms with Gasteiger partial charge in [0.25, 0.3) is 11.8 Å². The summed E-state index contributed by atoms with van der Waals surface area (Å²) < 4.78 is 0. The Bertz CT molecular complexity index is 550. The number of rotatable bonds is 4. The molecular formula is C14H11NO4. The summed E-state index contributed by atoms with van der Waals surface area (Å²) in [6, 6.07) is 6.31. The maximum absolute atomic E-state index is 11.9. The topological polar surface area (TPSA) is 63.7 Å². The molecule has 1 aliphatic rings. The lowest BCUT2D eigenvalue weighted by Crippen LogP contribution is -2.32. The third kappa shape index (κ3) is 2.47. The van der Waals surface area contributed by atoms with E-state index in [1.807, 2.05) is 0 Å². The molecule has 0 saturated heterocycles. The number of imide groups is 1. The molecule has 1 heterocycles. The highest BCUT2D eigenvalue weighted by atomic mass is 16.7. The van der Waals surface area contributed by atoms with Crippen LogP contribution in [-0.2, 0) is 9.63 Å². The normalized spacial score (nSPS) is 13.1. The van der Waals surface area contributed by atoms with E-state index >= 15 is 0 Å². The predicted molar refractivity (Wildman–Crippen MR) is 65.7 cm³/mol. The van der Waals surface area contributed by atoms with E-state index in [4.69, 9.17) is 11.3 Å². The first kappa shape index (κ1) is 12.8. The van der Waals surface area contributed by atoms with Gasteiger partial charge in [0, 0.05) is 12.8 Å². The number of hydroxylamine groups is 2. The van der Waals surface area contributed by atoms with Crippen molar-refractivity contribution in [1.82, 2.24) is 5.06 Å². The summed E-state index contributed by atoms with van der Waals surface area (Å²) in [7, 11) is 0. The molecule has 2 rings (SSSR count). The molecule has 1 aliphatic heterocycles. The van der Waals surface area contributed by atoms with E-state index in [-0.39, 0.29) is 17.5 Å². The van der Waals surface area contributed by atoms with Crippen molar-refractivity contribution in [2.24, 2.45) is 0 Å². The zero-order valence-corrected chi connectivity index (χ0v) is 10.1. The van der Waals surface area contributed by atoms with E-state index in [2.05, 4.69) is 5.92 Å². The number of hydrogen-bond acceptors (Lipinski definition) is 4. The van der Waals surface area contributed by atoms with Gasteiger partial charge in [-0.3, -0.25) is 9.59 Å². The third-order valence-corrected chi connectivity index (χ3v) is 2.65. The highest BCUT2D eigenvalue weighted by molar-refractivity contribution is 6.20. The maximum atomic E-state index is 11.9. The molecule has 1 aromatic carbocycles. The van der Waals surface area contributed by atoms with E-state index < -0.39 is 17.8 Å². The number of unbranched alkanes of at least 4 members (excludes halogenated alkanes) is 1. The number of nitrogens with zero attached hydrogens (tertiary/aromatic N) is 1. The first-order valence-electron chi connectivity index (χ1n) is 5.77. The molecule has 0 aromatic heterocycles. The fraction of sp³-hybridized carbons (Fsp3) is 0.214. The SMILES string of the molecule is C#CCCCC(=O)ON1C(=O)c2ccccc2C1=O. The van der Waals surface area contributed by atoms with Crippen LogP contribution in [0.5, 0.6) is 0 Å². The number of terminal acetylenes is 1. The summed E-state index contributed by atoms with van der Waals surface area (Å²) in [6.07, 6.45) is 6.02. The van der Waals surface area contributed by atoms with Gasteiger partial charge in [-0.25, -0.2) is 4.79 Å². The van der Waals surface area contributed by atoms with Crippen LogP contribution in [0.25, 0.3) is 0 Å². The molecule has 0 saturated carbocycles. The van der Waals surface area contributed by atoms with Crippen molar-refractivity contribution in [2.75, 3.05) is 0 Å². The van der Waals surface area contributed by atoms with Gasteiger partial charge in [0.1, 0.15) is 0 Å². The molecule has 0 N–H and O–H groups in total. The van der Waals surface area contributed by atoms with Crippen LogP contribution in [-0.4, -0.2) is 22.8 Å². The van der Waals surface area contributed by atoms with Crippen LogP contribution in [0.1, 0.15) is 40.0 Å². The minimum Gasteiger partial charge on any atom is -0.330 e. The standard InChI is InChI=1S/C14H11NO4/c1-2-3-4-9-12(16)19-15-13(17)10-7-5-6-8-11(10)14(15)18/h1,5-8H,3-4,9H2. The Balaban J connectivity index is 2.04. The Morgan fingerprint density at radius 3 is 2.32 bits per heavy atom. The molecule has 0 spiro atoms. The van der Waals surface area contributed by atoms with Gasteiger partial charge >= 0.3 is 5.97 Å². The number of benzene rings is 1. The lowest BCUT2D eigenvalue weighted by molar-refractivity contribution is -0.168. The summed E-state index contributed by atoms with van der Waals surface area (Å²) in [5, 5.41) is 0.503. The first-order chi connectivity index (χ1) is 9.15. The van der Waals surface area contributed by atoms with Gasteiger partial charge in [0.15, 0.2) is 0 Å². The van der Waals surface area contributed by atoms with Crippen LogP contribution in [0.4, 0.5) is 0 Å². The minimum absolute atomic E-state index is 0.0671. The molecule has 96 valence electrons. The molecule has 19 heavy (non-hydrogen) atoms. The zero-order chi connectivity index (χ0) is 13.8. The minimum atomic E-state index is -0.648. The van der Waals surface area contributed by atoms with E-state index in [0.717, 1.165) is 0 Å². The second kappa shape index (κ2) is 5.36. The number of carbonyl (C=O) groups is 3. The smallest absolute Gasteiger partial charge is 0.330 e. The molecule has 0 unspecified atom stereocenters. The largest absolute Gasteiger partial charge is 0.333 e. The summed E-state index contributed by atoms with van der Waals surface area (Å²) in [4.78, 5) is 40.0. The van der Waals surface area contributed by atoms with Crippen molar-refractivity contribution in [3.05, 3.63) is 35.4 Å². The van der Waals surface area contributed by atoms with Gasteiger partial charge in [-0.15, -0.1) is 12.3 Å². The van der Waals surface area contributed by atoms with E-state index in [9.17, 15) is 14.4 Å². The number of fused-ring (bicyclic) bond motifs is 1. The molecule has 0 atom stereocenters. The van der Waals surface area contributed by atoms with E-state index in [1.54, 1.807) is 12.1 Å². The molecule has 5 nitrogen and oxygen atoms in total. The number of amides is 2. The van der Waals surface area contributed by atoms with Crippen LogP contribution >= 0.6 is 0 Å². The fourth-order valence-corrected chi connectivity index (χ4v) is 1.73. The summed E-state index contributed by atoms with van der Waals surface area (Å²) in [5.41, 5.74) is 0.479. The Labute approximate surface area is 110 Å². The van der Waals surface area contributed by atoms with Gasteiger partial charge in [0.05, 0.1) is 11.1 Å². The van der Waals surface area contributed by atoms with Gasteiger partial charge in [-0.2, -0.15) is 0 Å². The highest BCUT2D eigenvalue weighted by Crippen LogP contribution is 2.22. The molecule has 2 amide bonds. The van der Waals surface area contributed by atoms with Crippen LogP contribution < -0.4 is 0 Å². The monoisotopic (exact) mass is 257 g/mol. The lowest BCUT2D eigenvalue weighted by Gasteiger charge is -2.12. The molecular weight excluding hydrogens is 246 g/mol. The van der Waals surface area contributed by atoms with Gasteiger partial charge < -0.3 is 4.84 Å². The Morgan fingerprint density at radius 1 is 1.21 bits per heavy atom. The van der Waals surface area contributed by atoms with Crippen LogP contribution in [0.15, 0.2) is 24.3 Å². The molecule has 0 radical (unpaired) electrons. The molecule has 0 fully saturated rings. The lowest BCUT2D eigenvalue weighted by atomic mass is 10.1. The van der Waals surface area contributed by atoms with Crippen molar-refractivity contribution in [1.29, 1.82) is 0 Å². The fourth-order valence-electron chi connectivity index (χ4n) is 1.73. The second-order valence-electron chi connectivity index (χ2n) is 3.97. The predicted octanol–water partition coefficient (Wildman–Crippen LogP) is 1.54. The second-order valence-corrected chi connectivity index (χ2v) is 3.97. The van der Waals surface area contributed by atoms with Crippen LogP contribution in [0.2, 0.25) is 0 Å². The zero-order valence-electron chi connectivity index (χ0n) is 10.1. The van der Waals surface area contributed by atoms with Crippen LogP contribution in [0, 0.1) is 12.3 Å². The first-order valence-corrected chi connectivity index (χ1v) is 5.77.